The van der Waals surface area contributed by atoms with Crippen LogP contribution in [0.1, 0.15) is 66.8 Å². The largest absolute Gasteiger partial charge is 0.338 e. The van der Waals surface area contributed by atoms with E-state index in [1.165, 1.54) is 16.2 Å². The molecule has 0 saturated carbocycles. The fourth-order valence-corrected chi connectivity index (χ4v) is 8.79. The molecule has 11 heteroatoms. The molecule has 0 N–H and O–H groups in total. The summed E-state index contributed by atoms with van der Waals surface area (Å²) >= 11 is 0. The Morgan fingerprint density at radius 3 is 2.16 bits per heavy atom. The maximum atomic E-state index is 13.4. The highest BCUT2D eigenvalue weighted by molar-refractivity contribution is 7.86. The molecule has 3 aliphatic heterocycles. The van der Waals surface area contributed by atoms with Crippen molar-refractivity contribution in [3.05, 3.63) is 59.2 Å². The van der Waals surface area contributed by atoms with E-state index in [1.807, 2.05) is 18.7 Å². The lowest BCUT2D eigenvalue weighted by Crippen LogP contribution is -2.64. The summed E-state index contributed by atoms with van der Waals surface area (Å²) < 4.78 is 28.6. The van der Waals surface area contributed by atoms with Crippen LogP contribution in [0.4, 0.5) is 0 Å². The monoisotopic (exact) mass is 625 g/mol. The first-order chi connectivity index (χ1) is 20.9. The molecule has 4 heterocycles. The zero-order valence-corrected chi connectivity index (χ0v) is 28.3. The third kappa shape index (κ3) is 6.87. The Morgan fingerprint density at radius 1 is 0.977 bits per heavy atom. The second kappa shape index (κ2) is 13.5. The zero-order valence-electron chi connectivity index (χ0n) is 27.4. The lowest BCUT2D eigenvalue weighted by Gasteiger charge is -2.54. The van der Waals surface area contributed by atoms with Crippen molar-refractivity contribution in [1.29, 1.82) is 0 Å². The van der Waals surface area contributed by atoms with E-state index >= 15 is 0 Å². The summed E-state index contributed by atoms with van der Waals surface area (Å²) in [6.07, 6.45) is 6.16. The standard InChI is InChI=1S/C33H51N7O3S/c1-25-23-38(33(4)14-18-37(19-15-33)32(41)31-26(2)34-24-35-27(31)3)20-21-40(25)30(22-28-10-8-7-9-11-28)29-12-16-39(17-13-29)44(42,43)36(5)6/h7-11,24-25,29-30H,12-23H2,1-6H3/t25-,30-/m0/s1. The van der Waals surface area contributed by atoms with E-state index < -0.39 is 10.2 Å². The lowest BCUT2D eigenvalue weighted by atomic mass is 9.83. The van der Waals surface area contributed by atoms with Gasteiger partial charge in [0.05, 0.1) is 17.0 Å². The topological polar surface area (TPSA) is 93.2 Å². The van der Waals surface area contributed by atoms with Crippen LogP contribution in [0.15, 0.2) is 36.7 Å². The van der Waals surface area contributed by atoms with Gasteiger partial charge in [-0.15, -0.1) is 0 Å². The summed E-state index contributed by atoms with van der Waals surface area (Å²) in [5.74, 6) is 0.491. The van der Waals surface area contributed by atoms with Gasteiger partial charge in [-0.3, -0.25) is 14.6 Å². The minimum Gasteiger partial charge on any atom is -0.338 e. The van der Waals surface area contributed by atoms with Crippen LogP contribution >= 0.6 is 0 Å². The molecule has 1 aromatic carbocycles. The predicted octanol–water partition coefficient (Wildman–Crippen LogP) is 3.22. The van der Waals surface area contributed by atoms with Gasteiger partial charge in [-0.05, 0) is 71.3 Å². The molecule has 10 nitrogen and oxygen atoms in total. The molecule has 3 aliphatic rings. The van der Waals surface area contributed by atoms with Gasteiger partial charge < -0.3 is 4.90 Å². The van der Waals surface area contributed by atoms with Gasteiger partial charge in [-0.1, -0.05) is 30.3 Å². The van der Waals surface area contributed by atoms with Gasteiger partial charge in [-0.2, -0.15) is 17.0 Å². The molecule has 0 spiro atoms. The Hall–Kier alpha value is -2.44. The van der Waals surface area contributed by atoms with Crippen LogP contribution in [-0.4, -0.2) is 125 Å². The number of carbonyl (C=O) groups is 1. The molecule has 2 aromatic rings. The van der Waals surface area contributed by atoms with Gasteiger partial charge in [-0.25, -0.2) is 9.97 Å². The fourth-order valence-electron chi connectivity index (χ4n) is 7.66. The first-order valence-corrected chi connectivity index (χ1v) is 17.6. The number of amides is 1. The molecular weight excluding hydrogens is 574 g/mol. The molecular formula is C33H51N7O3S. The van der Waals surface area contributed by atoms with E-state index in [2.05, 4.69) is 63.9 Å². The van der Waals surface area contributed by atoms with Crippen LogP contribution < -0.4 is 0 Å². The molecule has 0 bridgehead atoms. The van der Waals surface area contributed by atoms with E-state index in [0.717, 1.165) is 76.2 Å². The molecule has 0 aliphatic carbocycles. The van der Waals surface area contributed by atoms with Crippen molar-refractivity contribution >= 4 is 16.1 Å². The highest BCUT2D eigenvalue weighted by atomic mass is 32.2. The molecule has 1 aromatic heterocycles. The van der Waals surface area contributed by atoms with Crippen molar-refractivity contribution in [3.63, 3.8) is 0 Å². The van der Waals surface area contributed by atoms with Crippen molar-refractivity contribution in [1.82, 2.24) is 33.3 Å². The zero-order chi connectivity index (χ0) is 31.6. The number of nitrogens with zero attached hydrogens (tertiary/aromatic N) is 7. The van der Waals surface area contributed by atoms with Crippen molar-refractivity contribution < 1.29 is 13.2 Å². The molecule has 242 valence electrons. The summed E-state index contributed by atoms with van der Waals surface area (Å²) in [6, 6.07) is 11.5. The minimum atomic E-state index is -3.38. The van der Waals surface area contributed by atoms with Crippen LogP contribution in [0.25, 0.3) is 0 Å². The minimum absolute atomic E-state index is 0.0500. The van der Waals surface area contributed by atoms with E-state index in [0.29, 0.717) is 36.7 Å². The van der Waals surface area contributed by atoms with Crippen LogP contribution in [-0.2, 0) is 16.6 Å². The number of piperidine rings is 2. The number of benzene rings is 1. The molecule has 44 heavy (non-hydrogen) atoms. The Labute approximate surface area is 264 Å². The summed E-state index contributed by atoms with van der Waals surface area (Å²) in [5.41, 5.74) is 3.53. The third-order valence-electron chi connectivity index (χ3n) is 10.6. The van der Waals surface area contributed by atoms with E-state index in [-0.39, 0.29) is 11.4 Å². The van der Waals surface area contributed by atoms with Gasteiger partial charge in [0.15, 0.2) is 0 Å². The first-order valence-electron chi connectivity index (χ1n) is 16.2. The van der Waals surface area contributed by atoms with Gasteiger partial charge in [0.1, 0.15) is 6.33 Å². The van der Waals surface area contributed by atoms with E-state index in [4.69, 9.17) is 0 Å². The maximum absolute atomic E-state index is 13.4. The molecule has 0 unspecified atom stereocenters. The number of aromatic nitrogens is 2. The number of piperazine rings is 1. The average molecular weight is 626 g/mol. The summed E-state index contributed by atoms with van der Waals surface area (Å²) in [6.45, 7) is 14.1. The second-order valence-electron chi connectivity index (χ2n) is 13.5. The third-order valence-corrected chi connectivity index (χ3v) is 12.5. The summed E-state index contributed by atoms with van der Waals surface area (Å²) in [5, 5.41) is 0. The normalized spacial score (nSPS) is 23.6. The van der Waals surface area contributed by atoms with Crippen LogP contribution in [0.5, 0.6) is 0 Å². The predicted molar refractivity (Wildman–Crippen MR) is 174 cm³/mol. The van der Waals surface area contributed by atoms with Crippen LogP contribution in [0.3, 0.4) is 0 Å². The number of hydrogen-bond donors (Lipinski definition) is 0. The van der Waals surface area contributed by atoms with Gasteiger partial charge in [0.25, 0.3) is 16.1 Å². The number of likely N-dealkylation sites (tertiary alicyclic amines) is 1. The number of aryl methyl sites for hydroxylation is 2. The molecule has 5 rings (SSSR count). The first kappa shape index (κ1) is 32.9. The Kier molecular flexibility index (Phi) is 10.1. The molecule has 1 amide bonds. The Morgan fingerprint density at radius 2 is 1.59 bits per heavy atom. The number of rotatable bonds is 8. The Balaban J connectivity index is 1.24. The smallest absolute Gasteiger partial charge is 0.281 e. The lowest BCUT2D eigenvalue weighted by molar-refractivity contribution is -0.0412. The molecule has 2 atom stereocenters. The van der Waals surface area contributed by atoms with Crippen LogP contribution in [0, 0.1) is 19.8 Å². The van der Waals surface area contributed by atoms with Gasteiger partial charge in [0.2, 0.25) is 0 Å². The fraction of sp³-hybridized carbons (Fsp3) is 0.667. The van der Waals surface area contributed by atoms with Crippen molar-refractivity contribution in [2.24, 2.45) is 5.92 Å². The van der Waals surface area contributed by atoms with Crippen LogP contribution in [0.2, 0.25) is 0 Å². The van der Waals surface area contributed by atoms with Crippen molar-refractivity contribution in [2.45, 2.75) is 77.4 Å². The van der Waals surface area contributed by atoms with E-state index in [9.17, 15) is 13.2 Å². The summed E-state index contributed by atoms with van der Waals surface area (Å²) in [7, 11) is -0.156. The highest BCUT2D eigenvalue weighted by Gasteiger charge is 2.43. The van der Waals surface area contributed by atoms with Crippen molar-refractivity contribution in [3.8, 4) is 0 Å². The summed E-state index contributed by atoms with van der Waals surface area (Å²) in [4.78, 5) is 29.3. The average Bonchev–Trinajstić information content (AvgIpc) is 3.01. The second-order valence-corrected chi connectivity index (χ2v) is 15.7. The highest BCUT2D eigenvalue weighted by Crippen LogP contribution is 2.35. The quantitative estimate of drug-likeness (QED) is 0.445. The molecule has 3 fully saturated rings. The molecule has 0 radical (unpaired) electrons. The number of hydrogen-bond acceptors (Lipinski definition) is 7. The maximum Gasteiger partial charge on any atom is 0.281 e. The Bertz CT molecular complexity index is 1370. The number of carbonyl (C=O) groups excluding carboxylic acids is 1. The SMILES string of the molecule is Cc1ncnc(C)c1C(=O)N1CCC(C)(N2CCN([C@@H](Cc3ccccc3)C3CCN(S(=O)(=O)N(C)C)CC3)[C@@H](C)C2)CC1. The van der Waals surface area contributed by atoms with Gasteiger partial charge >= 0.3 is 0 Å². The van der Waals surface area contributed by atoms with Gasteiger partial charge in [0, 0.05) is 77.5 Å². The van der Waals surface area contributed by atoms with E-state index in [1.54, 1.807) is 18.4 Å². The van der Waals surface area contributed by atoms with Crippen molar-refractivity contribution in [2.75, 3.05) is 59.9 Å². The molecule has 3 saturated heterocycles.